The van der Waals surface area contributed by atoms with Crippen LogP contribution in [0.3, 0.4) is 0 Å². The molecule has 0 fully saturated rings. The second-order valence-corrected chi connectivity index (χ2v) is 9.01. The number of hydrogen-bond acceptors (Lipinski definition) is 7. The maximum atomic E-state index is 13.2. The van der Waals surface area contributed by atoms with Gasteiger partial charge in [0.1, 0.15) is 16.5 Å². The predicted molar refractivity (Wildman–Crippen MR) is 114 cm³/mol. The zero-order valence-corrected chi connectivity index (χ0v) is 17.4. The molecule has 30 heavy (non-hydrogen) atoms. The van der Waals surface area contributed by atoms with Gasteiger partial charge in [-0.25, -0.2) is 8.42 Å². The lowest BCUT2D eigenvalue weighted by atomic mass is 10.2. The quantitative estimate of drug-likeness (QED) is 0.417. The molecule has 1 aromatic heterocycles. The number of nitro benzene ring substituents is 1. The Bertz CT molecular complexity index is 1160. The van der Waals surface area contributed by atoms with Crippen LogP contribution in [0.2, 0.25) is 0 Å². The first kappa shape index (κ1) is 21.3. The SMILES string of the molecule is COc1ccccc1N(CC(=O)Nc1cccc([N+](=O)[O-])c1)S(=O)(=O)c1cccs1. The van der Waals surface area contributed by atoms with Gasteiger partial charge in [0.15, 0.2) is 0 Å². The van der Waals surface area contributed by atoms with Crippen LogP contribution in [0.5, 0.6) is 5.75 Å². The van der Waals surface area contributed by atoms with Crippen LogP contribution in [0, 0.1) is 10.1 Å². The number of anilines is 2. The standard InChI is InChI=1S/C19H17N3O6S2/c1-28-17-9-3-2-8-16(17)21(30(26,27)19-10-5-11-29-19)13-18(23)20-14-6-4-7-15(12-14)22(24)25/h2-12H,13H2,1H3,(H,20,23). The Morgan fingerprint density at radius 3 is 2.60 bits per heavy atom. The van der Waals surface area contributed by atoms with E-state index in [9.17, 15) is 23.3 Å². The maximum absolute atomic E-state index is 13.2. The highest BCUT2D eigenvalue weighted by Crippen LogP contribution is 2.33. The minimum Gasteiger partial charge on any atom is -0.495 e. The molecule has 0 bridgehead atoms. The third kappa shape index (κ3) is 4.58. The lowest BCUT2D eigenvalue weighted by Crippen LogP contribution is -2.38. The van der Waals surface area contributed by atoms with E-state index < -0.39 is 27.4 Å². The third-order valence-corrected chi connectivity index (χ3v) is 7.15. The number of para-hydroxylation sites is 2. The van der Waals surface area contributed by atoms with E-state index in [0.29, 0.717) is 0 Å². The van der Waals surface area contributed by atoms with Gasteiger partial charge >= 0.3 is 0 Å². The number of thiophene rings is 1. The predicted octanol–water partition coefficient (Wildman–Crippen LogP) is 3.50. The van der Waals surface area contributed by atoms with Crippen molar-refractivity contribution in [1.29, 1.82) is 0 Å². The van der Waals surface area contributed by atoms with Crippen molar-refractivity contribution in [3.8, 4) is 5.75 Å². The Hall–Kier alpha value is -3.44. The number of ether oxygens (including phenoxy) is 1. The van der Waals surface area contributed by atoms with Crippen LogP contribution in [0.1, 0.15) is 0 Å². The van der Waals surface area contributed by atoms with Crippen molar-refractivity contribution in [3.63, 3.8) is 0 Å². The van der Waals surface area contributed by atoms with Crippen molar-refractivity contribution in [2.24, 2.45) is 0 Å². The molecule has 11 heteroatoms. The van der Waals surface area contributed by atoms with Crippen LogP contribution in [-0.4, -0.2) is 32.9 Å². The molecule has 3 aromatic rings. The molecule has 156 valence electrons. The summed E-state index contributed by atoms with van der Waals surface area (Å²) < 4.78 is 32.7. The topological polar surface area (TPSA) is 119 Å². The summed E-state index contributed by atoms with van der Waals surface area (Å²) in [5.74, 6) is -0.387. The second-order valence-electron chi connectivity index (χ2n) is 5.97. The van der Waals surface area contributed by atoms with E-state index in [-0.39, 0.29) is 27.0 Å². The summed E-state index contributed by atoms with van der Waals surface area (Å²) in [7, 11) is -2.65. The Balaban J connectivity index is 1.94. The average Bonchev–Trinajstić information content (AvgIpc) is 3.28. The number of methoxy groups -OCH3 is 1. The maximum Gasteiger partial charge on any atom is 0.274 e. The number of nitrogens with zero attached hydrogens (tertiary/aromatic N) is 2. The molecule has 1 amide bonds. The fourth-order valence-electron chi connectivity index (χ4n) is 2.68. The summed E-state index contributed by atoms with van der Waals surface area (Å²) in [6, 6.07) is 14.9. The molecule has 0 saturated heterocycles. The van der Waals surface area contributed by atoms with Crippen LogP contribution in [0.15, 0.2) is 70.3 Å². The molecular formula is C19H17N3O6S2. The summed E-state index contributed by atoms with van der Waals surface area (Å²) in [5, 5.41) is 15.1. The molecule has 0 unspecified atom stereocenters. The molecule has 3 rings (SSSR count). The van der Waals surface area contributed by atoms with Crippen molar-refractivity contribution in [2.45, 2.75) is 4.21 Å². The van der Waals surface area contributed by atoms with Crippen molar-refractivity contribution < 1.29 is 22.9 Å². The van der Waals surface area contributed by atoms with E-state index in [1.807, 2.05) is 0 Å². The Labute approximate surface area is 176 Å². The number of amides is 1. The monoisotopic (exact) mass is 447 g/mol. The van der Waals surface area contributed by atoms with Gasteiger partial charge in [-0.2, -0.15) is 0 Å². The smallest absolute Gasteiger partial charge is 0.274 e. The molecule has 0 atom stereocenters. The van der Waals surface area contributed by atoms with E-state index in [1.54, 1.807) is 29.6 Å². The number of nitro groups is 1. The van der Waals surface area contributed by atoms with E-state index in [2.05, 4.69) is 5.32 Å². The number of sulfonamides is 1. The van der Waals surface area contributed by atoms with E-state index in [1.165, 1.54) is 43.5 Å². The summed E-state index contributed by atoms with van der Waals surface area (Å²) >= 11 is 1.03. The van der Waals surface area contributed by atoms with Crippen molar-refractivity contribution in [3.05, 3.63) is 76.2 Å². The minimum atomic E-state index is -4.05. The van der Waals surface area contributed by atoms with E-state index in [4.69, 9.17) is 4.74 Å². The number of nitrogens with one attached hydrogen (secondary N) is 1. The molecule has 0 spiro atoms. The number of carbonyl (C=O) groups is 1. The van der Waals surface area contributed by atoms with E-state index in [0.717, 1.165) is 15.6 Å². The van der Waals surface area contributed by atoms with Gasteiger partial charge in [-0.3, -0.25) is 19.2 Å². The van der Waals surface area contributed by atoms with Crippen molar-refractivity contribution in [1.82, 2.24) is 0 Å². The van der Waals surface area contributed by atoms with Crippen molar-refractivity contribution >= 4 is 44.3 Å². The van der Waals surface area contributed by atoms with Gasteiger partial charge in [0, 0.05) is 17.8 Å². The molecule has 1 heterocycles. The fourth-order valence-corrected chi connectivity index (χ4v) is 5.22. The molecule has 0 saturated carbocycles. The first-order chi connectivity index (χ1) is 14.3. The summed E-state index contributed by atoms with van der Waals surface area (Å²) in [6.07, 6.45) is 0. The summed E-state index contributed by atoms with van der Waals surface area (Å²) in [4.78, 5) is 23.0. The summed E-state index contributed by atoms with van der Waals surface area (Å²) in [6.45, 7) is -0.552. The largest absolute Gasteiger partial charge is 0.495 e. The third-order valence-electron chi connectivity index (χ3n) is 4.02. The lowest BCUT2D eigenvalue weighted by Gasteiger charge is -2.24. The zero-order valence-electron chi connectivity index (χ0n) is 15.7. The van der Waals surface area contributed by atoms with Crippen LogP contribution in [0.4, 0.5) is 17.1 Å². The van der Waals surface area contributed by atoms with Gasteiger partial charge in [-0.1, -0.05) is 24.3 Å². The Kier molecular flexibility index (Phi) is 6.33. The van der Waals surface area contributed by atoms with Gasteiger partial charge in [0.25, 0.3) is 15.7 Å². The second kappa shape index (κ2) is 8.93. The van der Waals surface area contributed by atoms with E-state index >= 15 is 0 Å². The highest BCUT2D eigenvalue weighted by Gasteiger charge is 2.30. The average molecular weight is 447 g/mol. The molecule has 2 aromatic carbocycles. The normalized spacial score (nSPS) is 11.0. The first-order valence-electron chi connectivity index (χ1n) is 8.56. The van der Waals surface area contributed by atoms with Gasteiger partial charge < -0.3 is 10.1 Å². The van der Waals surface area contributed by atoms with Crippen LogP contribution >= 0.6 is 11.3 Å². The number of hydrogen-bond donors (Lipinski definition) is 1. The lowest BCUT2D eigenvalue weighted by molar-refractivity contribution is -0.384. The Morgan fingerprint density at radius 1 is 1.17 bits per heavy atom. The molecule has 1 N–H and O–H groups in total. The van der Waals surface area contributed by atoms with Gasteiger partial charge in [-0.15, -0.1) is 11.3 Å². The van der Waals surface area contributed by atoms with Crippen LogP contribution in [0.25, 0.3) is 0 Å². The number of non-ortho nitro benzene ring substituents is 1. The summed E-state index contributed by atoms with van der Waals surface area (Å²) in [5.41, 5.74) is 0.186. The number of carbonyl (C=O) groups excluding carboxylic acids is 1. The Morgan fingerprint density at radius 2 is 1.93 bits per heavy atom. The van der Waals surface area contributed by atoms with Crippen LogP contribution in [-0.2, 0) is 14.8 Å². The first-order valence-corrected chi connectivity index (χ1v) is 10.9. The fraction of sp³-hybridized carbons (Fsp3) is 0.105. The highest BCUT2D eigenvalue weighted by molar-refractivity contribution is 7.94. The van der Waals surface area contributed by atoms with Crippen LogP contribution < -0.4 is 14.4 Å². The van der Waals surface area contributed by atoms with Crippen molar-refractivity contribution in [2.75, 3.05) is 23.3 Å². The molecular weight excluding hydrogens is 430 g/mol. The molecule has 0 radical (unpaired) electrons. The van der Waals surface area contributed by atoms with Gasteiger partial charge in [0.2, 0.25) is 5.91 Å². The van der Waals surface area contributed by atoms with Gasteiger partial charge in [0.05, 0.1) is 17.7 Å². The zero-order chi connectivity index (χ0) is 21.7. The molecule has 9 nitrogen and oxygen atoms in total. The minimum absolute atomic E-state index is 0.0663. The molecule has 0 aliphatic carbocycles. The highest BCUT2D eigenvalue weighted by atomic mass is 32.2. The molecule has 0 aliphatic rings. The van der Waals surface area contributed by atoms with Gasteiger partial charge in [-0.05, 0) is 29.6 Å². The number of benzene rings is 2. The molecule has 0 aliphatic heterocycles. The number of rotatable bonds is 8.